The summed E-state index contributed by atoms with van der Waals surface area (Å²) in [5.41, 5.74) is 3.49. The number of phenols is 1. The first kappa shape index (κ1) is 26.5. The van der Waals surface area contributed by atoms with E-state index in [2.05, 4.69) is 25.2 Å². The number of benzene rings is 2. The van der Waals surface area contributed by atoms with Gasteiger partial charge in [0.15, 0.2) is 5.76 Å². The third-order valence-electron chi connectivity index (χ3n) is 7.02. The third-order valence-corrected chi connectivity index (χ3v) is 7.02. The number of hydrogen-bond donors (Lipinski definition) is 2. The highest BCUT2D eigenvalue weighted by Gasteiger charge is 2.23. The van der Waals surface area contributed by atoms with Gasteiger partial charge in [-0.15, -0.1) is 0 Å². The van der Waals surface area contributed by atoms with Crippen LogP contribution in [0.1, 0.15) is 61.2 Å². The van der Waals surface area contributed by atoms with E-state index in [4.69, 9.17) is 9.15 Å². The summed E-state index contributed by atoms with van der Waals surface area (Å²) in [6.07, 6.45) is 4.76. The number of phenolic OH excluding ortho intramolecular Hbond substituents is 1. The van der Waals surface area contributed by atoms with Crippen molar-refractivity contribution in [1.82, 2.24) is 10.2 Å². The van der Waals surface area contributed by atoms with Gasteiger partial charge in [0.1, 0.15) is 5.75 Å². The Hall–Kier alpha value is -3.58. The average Bonchev–Trinajstić information content (AvgIpc) is 3.45. The lowest BCUT2D eigenvalue weighted by Crippen LogP contribution is -2.40. The van der Waals surface area contributed by atoms with Crippen molar-refractivity contribution in [3.8, 4) is 16.9 Å². The zero-order valence-electron chi connectivity index (χ0n) is 21.7. The standard InChI is InChI=1S/C30H36N2O5/c1-30(2,13-4-3-10-28(34)32-14-17-36-18-15-32)24-11-12-25(26(33)20-24)23-8-5-7-22(19-23)21-31-29(35)27-9-6-16-37-27/h5-9,11-12,16,19-20,33H,3-4,10,13-15,17-18,21H2,1-2H3,(H,31,35). The summed E-state index contributed by atoms with van der Waals surface area (Å²) >= 11 is 0. The Labute approximate surface area is 218 Å². The van der Waals surface area contributed by atoms with Crippen LogP contribution in [0.4, 0.5) is 0 Å². The van der Waals surface area contributed by atoms with Crippen LogP contribution in [0.5, 0.6) is 5.75 Å². The number of morpholine rings is 1. The van der Waals surface area contributed by atoms with Crippen LogP contribution in [0.25, 0.3) is 11.1 Å². The maximum atomic E-state index is 12.4. The monoisotopic (exact) mass is 504 g/mol. The topological polar surface area (TPSA) is 92.0 Å². The zero-order valence-corrected chi connectivity index (χ0v) is 21.7. The molecule has 1 saturated heterocycles. The van der Waals surface area contributed by atoms with Crippen molar-refractivity contribution in [1.29, 1.82) is 0 Å². The largest absolute Gasteiger partial charge is 0.507 e. The summed E-state index contributed by atoms with van der Waals surface area (Å²) in [7, 11) is 0. The van der Waals surface area contributed by atoms with Gasteiger partial charge in [-0.05, 0) is 59.2 Å². The van der Waals surface area contributed by atoms with Crippen LogP contribution < -0.4 is 5.32 Å². The number of nitrogens with one attached hydrogen (secondary N) is 1. The smallest absolute Gasteiger partial charge is 0.287 e. The molecular formula is C30H36N2O5. The van der Waals surface area contributed by atoms with Gasteiger partial charge in [0.25, 0.3) is 5.91 Å². The summed E-state index contributed by atoms with van der Waals surface area (Å²) in [6.45, 7) is 7.35. The second-order valence-corrected chi connectivity index (χ2v) is 10.2. The number of amides is 2. The zero-order chi connectivity index (χ0) is 26.3. The molecule has 0 aliphatic carbocycles. The third kappa shape index (κ3) is 7.01. The van der Waals surface area contributed by atoms with Gasteiger partial charge < -0.3 is 24.5 Å². The number of carbonyl (C=O) groups is 2. The van der Waals surface area contributed by atoms with E-state index in [0.717, 1.165) is 41.5 Å². The summed E-state index contributed by atoms with van der Waals surface area (Å²) in [5.74, 6) is 0.446. The first-order valence-electron chi connectivity index (χ1n) is 12.9. The van der Waals surface area contributed by atoms with Crippen LogP contribution in [-0.2, 0) is 21.5 Å². The number of furan rings is 1. The second kappa shape index (κ2) is 12.1. The van der Waals surface area contributed by atoms with E-state index in [9.17, 15) is 14.7 Å². The number of aromatic hydroxyl groups is 1. The molecule has 4 rings (SSSR count). The van der Waals surface area contributed by atoms with Gasteiger partial charge in [0.05, 0.1) is 19.5 Å². The van der Waals surface area contributed by atoms with Crippen molar-refractivity contribution in [3.05, 3.63) is 77.7 Å². The minimum Gasteiger partial charge on any atom is -0.507 e. The Balaban J connectivity index is 1.33. The van der Waals surface area contributed by atoms with E-state index in [-0.39, 0.29) is 28.7 Å². The Bertz CT molecular complexity index is 1200. The maximum absolute atomic E-state index is 12.4. The summed E-state index contributed by atoms with van der Waals surface area (Å²) in [4.78, 5) is 26.4. The van der Waals surface area contributed by atoms with Crippen LogP contribution in [0, 0.1) is 0 Å². The van der Waals surface area contributed by atoms with Crippen LogP contribution in [0.3, 0.4) is 0 Å². The quantitative estimate of drug-likeness (QED) is 0.367. The molecule has 37 heavy (non-hydrogen) atoms. The lowest BCUT2D eigenvalue weighted by atomic mass is 9.79. The molecule has 1 fully saturated rings. The highest BCUT2D eigenvalue weighted by molar-refractivity contribution is 5.91. The molecule has 0 unspecified atom stereocenters. The van der Waals surface area contributed by atoms with Gasteiger partial charge >= 0.3 is 0 Å². The van der Waals surface area contributed by atoms with Gasteiger partial charge in [0, 0.05) is 31.6 Å². The molecule has 0 bridgehead atoms. The normalized spacial score (nSPS) is 13.9. The molecular weight excluding hydrogens is 468 g/mol. The molecule has 2 N–H and O–H groups in total. The van der Waals surface area contributed by atoms with E-state index in [1.165, 1.54) is 6.26 Å². The fourth-order valence-corrected chi connectivity index (χ4v) is 4.68. The minimum absolute atomic E-state index is 0.129. The fraction of sp³-hybridized carbons (Fsp3) is 0.400. The fourth-order valence-electron chi connectivity index (χ4n) is 4.68. The Kier molecular flexibility index (Phi) is 8.66. The molecule has 1 aromatic heterocycles. The summed E-state index contributed by atoms with van der Waals surface area (Å²) in [5, 5.41) is 13.7. The molecule has 3 aromatic rings. The number of unbranched alkanes of at least 4 members (excludes halogenated alkanes) is 1. The number of rotatable bonds is 10. The van der Waals surface area contributed by atoms with Crippen LogP contribution >= 0.6 is 0 Å². The van der Waals surface area contributed by atoms with Crippen molar-refractivity contribution in [2.24, 2.45) is 0 Å². The molecule has 7 heteroatoms. The molecule has 196 valence electrons. The first-order valence-corrected chi connectivity index (χ1v) is 12.9. The molecule has 1 aliphatic heterocycles. The molecule has 0 radical (unpaired) electrons. The van der Waals surface area contributed by atoms with Gasteiger partial charge in [-0.1, -0.05) is 50.6 Å². The Morgan fingerprint density at radius 1 is 1.03 bits per heavy atom. The van der Waals surface area contributed by atoms with Gasteiger partial charge in [0.2, 0.25) is 5.91 Å². The van der Waals surface area contributed by atoms with E-state index in [1.807, 2.05) is 41.3 Å². The van der Waals surface area contributed by atoms with Crippen molar-refractivity contribution in [2.75, 3.05) is 26.3 Å². The van der Waals surface area contributed by atoms with Crippen molar-refractivity contribution in [2.45, 2.75) is 51.5 Å². The molecule has 0 spiro atoms. The number of hydrogen-bond acceptors (Lipinski definition) is 5. The van der Waals surface area contributed by atoms with Crippen LogP contribution in [-0.4, -0.2) is 48.1 Å². The van der Waals surface area contributed by atoms with Crippen LogP contribution in [0.2, 0.25) is 0 Å². The molecule has 2 amide bonds. The van der Waals surface area contributed by atoms with Crippen LogP contribution in [0.15, 0.2) is 65.3 Å². The van der Waals surface area contributed by atoms with Crippen molar-refractivity contribution >= 4 is 11.8 Å². The molecule has 2 aromatic carbocycles. The predicted molar refractivity (Wildman–Crippen MR) is 142 cm³/mol. The van der Waals surface area contributed by atoms with Crippen molar-refractivity contribution < 1.29 is 23.8 Å². The lowest BCUT2D eigenvalue weighted by molar-refractivity contribution is -0.135. The molecule has 1 aliphatic rings. The number of ether oxygens (including phenoxy) is 1. The van der Waals surface area contributed by atoms with Gasteiger partial charge in [-0.3, -0.25) is 9.59 Å². The average molecular weight is 505 g/mol. The highest BCUT2D eigenvalue weighted by Crippen LogP contribution is 2.36. The molecule has 7 nitrogen and oxygen atoms in total. The predicted octanol–water partition coefficient (Wildman–Crippen LogP) is 5.28. The second-order valence-electron chi connectivity index (χ2n) is 10.2. The van der Waals surface area contributed by atoms with E-state index < -0.39 is 0 Å². The van der Waals surface area contributed by atoms with E-state index >= 15 is 0 Å². The SMILES string of the molecule is CC(C)(CCCCC(=O)N1CCOCC1)c1ccc(-c2cccc(CNC(=O)c3ccco3)c2)c(O)c1. The molecule has 0 saturated carbocycles. The molecule has 0 atom stereocenters. The summed E-state index contributed by atoms with van der Waals surface area (Å²) in [6, 6.07) is 16.9. The summed E-state index contributed by atoms with van der Waals surface area (Å²) < 4.78 is 10.5. The lowest BCUT2D eigenvalue weighted by Gasteiger charge is -2.28. The van der Waals surface area contributed by atoms with E-state index in [1.54, 1.807) is 12.1 Å². The highest BCUT2D eigenvalue weighted by atomic mass is 16.5. The Morgan fingerprint density at radius 2 is 1.84 bits per heavy atom. The minimum atomic E-state index is -0.268. The Morgan fingerprint density at radius 3 is 2.57 bits per heavy atom. The van der Waals surface area contributed by atoms with Crippen molar-refractivity contribution in [3.63, 3.8) is 0 Å². The first-order chi connectivity index (χ1) is 17.8. The molecule has 2 heterocycles. The number of nitrogens with zero attached hydrogens (tertiary/aromatic N) is 1. The van der Waals surface area contributed by atoms with Gasteiger partial charge in [-0.25, -0.2) is 0 Å². The van der Waals surface area contributed by atoms with E-state index in [0.29, 0.717) is 39.3 Å². The maximum Gasteiger partial charge on any atom is 0.287 e. The number of carbonyl (C=O) groups excluding carboxylic acids is 2. The van der Waals surface area contributed by atoms with Gasteiger partial charge in [-0.2, -0.15) is 0 Å².